The number of rotatable bonds is 6. The Labute approximate surface area is 125 Å². The first-order valence-corrected chi connectivity index (χ1v) is 7.49. The molecule has 1 fully saturated rings. The lowest BCUT2D eigenvalue weighted by Crippen LogP contribution is -2.49. The van der Waals surface area contributed by atoms with E-state index in [1.165, 1.54) is 6.42 Å². The van der Waals surface area contributed by atoms with Gasteiger partial charge in [0, 0.05) is 18.2 Å². The Morgan fingerprint density at radius 1 is 1.38 bits per heavy atom. The second-order valence-corrected chi connectivity index (χ2v) is 5.88. The fraction of sp³-hybridized carbons (Fsp3) is 0.625. The van der Waals surface area contributed by atoms with E-state index in [0.717, 1.165) is 31.4 Å². The summed E-state index contributed by atoms with van der Waals surface area (Å²) >= 11 is 0. The number of carbonyl (C=O) groups is 1. The van der Waals surface area contributed by atoms with E-state index in [2.05, 4.69) is 9.88 Å². The first-order valence-electron chi connectivity index (χ1n) is 7.49. The van der Waals surface area contributed by atoms with Gasteiger partial charge in [-0.25, -0.2) is 4.98 Å². The number of methoxy groups -OCH3 is 1. The molecule has 1 heterocycles. The van der Waals surface area contributed by atoms with Gasteiger partial charge in [0.05, 0.1) is 19.2 Å². The van der Waals surface area contributed by atoms with Gasteiger partial charge in [-0.1, -0.05) is 25.3 Å². The van der Waals surface area contributed by atoms with Gasteiger partial charge in [0.25, 0.3) is 0 Å². The van der Waals surface area contributed by atoms with Crippen LogP contribution in [0.2, 0.25) is 0 Å². The minimum absolute atomic E-state index is 0.202. The van der Waals surface area contributed by atoms with E-state index in [9.17, 15) is 9.90 Å². The number of carboxylic acids is 1. The minimum atomic E-state index is -0.720. The summed E-state index contributed by atoms with van der Waals surface area (Å²) in [5.41, 5.74) is 0.668. The Kier molecular flexibility index (Phi) is 5.17. The lowest BCUT2D eigenvalue weighted by molar-refractivity contribution is -0.141. The Bertz CT molecular complexity index is 484. The molecule has 0 amide bonds. The molecule has 5 nitrogen and oxygen atoms in total. The molecule has 1 aliphatic rings. The van der Waals surface area contributed by atoms with Crippen molar-refractivity contribution in [2.45, 2.75) is 50.6 Å². The molecule has 0 aromatic carbocycles. The molecule has 21 heavy (non-hydrogen) atoms. The normalized spacial score (nSPS) is 17.7. The highest BCUT2D eigenvalue weighted by Gasteiger charge is 2.38. The van der Waals surface area contributed by atoms with Crippen LogP contribution < -0.4 is 4.74 Å². The maximum atomic E-state index is 11.3. The maximum absolute atomic E-state index is 11.3. The van der Waals surface area contributed by atoms with E-state index >= 15 is 0 Å². The maximum Gasteiger partial charge on any atom is 0.305 e. The van der Waals surface area contributed by atoms with Crippen LogP contribution in [-0.2, 0) is 11.3 Å². The lowest BCUT2D eigenvalue weighted by atomic mass is 9.78. The largest absolute Gasteiger partial charge is 0.481 e. The second-order valence-electron chi connectivity index (χ2n) is 5.88. The van der Waals surface area contributed by atoms with Gasteiger partial charge in [-0.05, 0) is 26.0 Å². The fourth-order valence-corrected chi connectivity index (χ4v) is 3.25. The van der Waals surface area contributed by atoms with Gasteiger partial charge in [0.2, 0.25) is 5.88 Å². The molecule has 0 aliphatic heterocycles. The zero-order valence-corrected chi connectivity index (χ0v) is 12.8. The van der Waals surface area contributed by atoms with Crippen molar-refractivity contribution in [3.05, 3.63) is 23.9 Å². The molecule has 0 atom stereocenters. The second kappa shape index (κ2) is 6.89. The van der Waals surface area contributed by atoms with E-state index < -0.39 is 5.97 Å². The molecule has 0 unspecified atom stereocenters. The van der Waals surface area contributed by atoms with E-state index in [1.807, 2.05) is 25.2 Å². The summed E-state index contributed by atoms with van der Waals surface area (Å²) in [4.78, 5) is 17.9. The van der Waals surface area contributed by atoms with Gasteiger partial charge in [0.15, 0.2) is 0 Å². The molecule has 1 aromatic heterocycles. The van der Waals surface area contributed by atoms with Gasteiger partial charge in [-0.2, -0.15) is 0 Å². The van der Waals surface area contributed by atoms with Crippen molar-refractivity contribution in [3.8, 4) is 5.88 Å². The zero-order valence-electron chi connectivity index (χ0n) is 12.8. The van der Waals surface area contributed by atoms with Crippen LogP contribution in [-0.4, -0.2) is 40.7 Å². The topological polar surface area (TPSA) is 62.7 Å². The van der Waals surface area contributed by atoms with Crippen molar-refractivity contribution in [3.63, 3.8) is 0 Å². The number of pyridine rings is 1. The van der Waals surface area contributed by atoms with E-state index in [4.69, 9.17) is 4.74 Å². The Hall–Kier alpha value is -1.62. The first-order chi connectivity index (χ1) is 10.1. The van der Waals surface area contributed by atoms with E-state index in [-0.39, 0.29) is 12.0 Å². The molecule has 116 valence electrons. The van der Waals surface area contributed by atoms with Gasteiger partial charge in [-0.15, -0.1) is 0 Å². The zero-order chi connectivity index (χ0) is 15.3. The Morgan fingerprint density at radius 2 is 2.10 bits per heavy atom. The number of carboxylic acid groups (broad SMARTS) is 1. The summed E-state index contributed by atoms with van der Waals surface area (Å²) in [6.45, 7) is 0.643. The first kappa shape index (κ1) is 15.8. The summed E-state index contributed by atoms with van der Waals surface area (Å²) in [5.74, 6) is -0.126. The van der Waals surface area contributed by atoms with Crippen LogP contribution in [0, 0.1) is 0 Å². The highest BCUT2D eigenvalue weighted by molar-refractivity contribution is 5.68. The average molecular weight is 292 g/mol. The minimum Gasteiger partial charge on any atom is -0.481 e. The molecule has 0 saturated heterocycles. The number of nitrogens with zero attached hydrogens (tertiary/aromatic N) is 2. The SMILES string of the molecule is COc1cccc(CN(C)C2(CC(=O)O)CCCCC2)n1. The Morgan fingerprint density at radius 3 is 2.71 bits per heavy atom. The molecule has 1 N–H and O–H groups in total. The van der Waals surface area contributed by atoms with Crippen LogP contribution in [0.15, 0.2) is 18.2 Å². The molecule has 0 bridgehead atoms. The highest BCUT2D eigenvalue weighted by Crippen LogP contribution is 2.36. The molecule has 0 spiro atoms. The average Bonchev–Trinajstić information content (AvgIpc) is 2.47. The molecule has 5 heteroatoms. The van der Waals surface area contributed by atoms with Gasteiger partial charge < -0.3 is 9.84 Å². The fourth-order valence-electron chi connectivity index (χ4n) is 3.25. The number of hydrogen-bond donors (Lipinski definition) is 1. The molecule has 1 saturated carbocycles. The predicted octanol–water partition coefficient (Wildman–Crippen LogP) is 2.70. The number of hydrogen-bond acceptors (Lipinski definition) is 4. The molecular weight excluding hydrogens is 268 g/mol. The summed E-state index contributed by atoms with van der Waals surface area (Å²) in [7, 11) is 3.61. The number of aromatic nitrogens is 1. The van der Waals surface area contributed by atoms with Crippen molar-refractivity contribution < 1.29 is 14.6 Å². The van der Waals surface area contributed by atoms with E-state index in [0.29, 0.717) is 12.4 Å². The van der Waals surface area contributed by atoms with Crippen LogP contribution in [0.4, 0.5) is 0 Å². The summed E-state index contributed by atoms with van der Waals surface area (Å²) in [6, 6.07) is 5.69. The van der Waals surface area contributed by atoms with Crippen LogP contribution in [0.1, 0.15) is 44.2 Å². The van der Waals surface area contributed by atoms with Crippen LogP contribution >= 0.6 is 0 Å². The molecule has 1 aromatic rings. The van der Waals surface area contributed by atoms with Crippen molar-refractivity contribution in [2.75, 3.05) is 14.2 Å². The monoisotopic (exact) mass is 292 g/mol. The van der Waals surface area contributed by atoms with E-state index in [1.54, 1.807) is 7.11 Å². The van der Waals surface area contributed by atoms with Crippen LogP contribution in [0.25, 0.3) is 0 Å². The standard InChI is InChI=1S/C16H24N2O3/c1-18(12-13-7-6-8-14(17-13)21-2)16(11-15(19)20)9-4-3-5-10-16/h6-8H,3-5,9-12H2,1-2H3,(H,19,20). The third-order valence-electron chi connectivity index (χ3n) is 4.46. The smallest absolute Gasteiger partial charge is 0.305 e. The van der Waals surface area contributed by atoms with Crippen LogP contribution in [0.5, 0.6) is 5.88 Å². The summed E-state index contributed by atoms with van der Waals surface area (Å²) in [5, 5.41) is 9.27. The highest BCUT2D eigenvalue weighted by atomic mass is 16.5. The number of ether oxygens (including phenoxy) is 1. The van der Waals surface area contributed by atoms with Gasteiger partial charge >= 0.3 is 5.97 Å². The molecule has 1 aliphatic carbocycles. The van der Waals surface area contributed by atoms with Gasteiger partial charge in [-0.3, -0.25) is 9.69 Å². The molecule has 2 rings (SSSR count). The Balaban J connectivity index is 2.13. The molecular formula is C16H24N2O3. The lowest BCUT2D eigenvalue weighted by Gasteiger charge is -2.43. The van der Waals surface area contributed by atoms with Crippen LogP contribution in [0.3, 0.4) is 0 Å². The number of aliphatic carboxylic acids is 1. The summed E-state index contributed by atoms with van der Waals surface area (Å²) in [6.07, 6.45) is 5.49. The predicted molar refractivity (Wildman–Crippen MR) is 80.3 cm³/mol. The third kappa shape index (κ3) is 3.94. The third-order valence-corrected chi connectivity index (χ3v) is 4.46. The van der Waals surface area contributed by atoms with Crippen molar-refractivity contribution in [1.29, 1.82) is 0 Å². The van der Waals surface area contributed by atoms with Crippen molar-refractivity contribution >= 4 is 5.97 Å². The van der Waals surface area contributed by atoms with Crippen molar-refractivity contribution in [1.82, 2.24) is 9.88 Å². The quantitative estimate of drug-likeness (QED) is 0.873. The van der Waals surface area contributed by atoms with Crippen molar-refractivity contribution in [2.24, 2.45) is 0 Å². The summed E-state index contributed by atoms with van der Waals surface area (Å²) < 4.78 is 5.15. The molecule has 0 radical (unpaired) electrons. The van der Waals surface area contributed by atoms with Gasteiger partial charge in [0.1, 0.15) is 0 Å².